The second kappa shape index (κ2) is 11.7. The van der Waals surface area contributed by atoms with E-state index in [9.17, 15) is 9.59 Å². The summed E-state index contributed by atoms with van der Waals surface area (Å²) in [5, 5.41) is 4.57. The van der Waals surface area contributed by atoms with Crippen molar-refractivity contribution < 1.29 is 19.1 Å². The summed E-state index contributed by atoms with van der Waals surface area (Å²) in [6.45, 7) is 5.95. The van der Waals surface area contributed by atoms with Crippen molar-refractivity contribution in [2.45, 2.75) is 26.7 Å². The molecule has 0 aromatic heterocycles. The maximum Gasteiger partial charge on any atom is 0.345 e. The van der Waals surface area contributed by atoms with E-state index >= 15 is 0 Å². The van der Waals surface area contributed by atoms with Crippen molar-refractivity contribution in [1.82, 2.24) is 5.43 Å². The number of nitrogens with one attached hydrogen (secondary N) is 1. The summed E-state index contributed by atoms with van der Waals surface area (Å²) in [4.78, 5) is 24.5. The average Bonchev–Trinajstić information content (AvgIpc) is 2.78. The van der Waals surface area contributed by atoms with Crippen LogP contribution >= 0.6 is 23.2 Å². The number of benzene rings is 3. The van der Waals surface area contributed by atoms with Crippen LogP contribution in [0.15, 0.2) is 65.8 Å². The first kappa shape index (κ1) is 25.3. The highest BCUT2D eigenvalue weighted by molar-refractivity contribution is 6.36. The third-order valence-electron chi connectivity index (χ3n) is 4.86. The Morgan fingerprint density at radius 1 is 1.06 bits per heavy atom. The molecule has 0 bridgehead atoms. The van der Waals surface area contributed by atoms with E-state index in [1.807, 2.05) is 25.1 Å². The molecule has 0 fully saturated rings. The van der Waals surface area contributed by atoms with E-state index in [2.05, 4.69) is 24.4 Å². The van der Waals surface area contributed by atoms with Gasteiger partial charge in [0.25, 0.3) is 5.91 Å². The number of carbonyl (C=O) groups excluding carboxylic acids is 2. The number of amides is 1. The lowest BCUT2D eigenvalue weighted by molar-refractivity contribution is -0.123. The molecule has 0 saturated heterocycles. The van der Waals surface area contributed by atoms with Gasteiger partial charge in [-0.3, -0.25) is 4.79 Å². The van der Waals surface area contributed by atoms with Gasteiger partial charge in [0.1, 0.15) is 11.5 Å². The van der Waals surface area contributed by atoms with Crippen molar-refractivity contribution in [3.05, 3.63) is 93.0 Å². The van der Waals surface area contributed by atoms with E-state index in [0.29, 0.717) is 28.0 Å². The molecule has 0 heterocycles. The predicted molar refractivity (Wildman–Crippen MR) is 134 cm³/mol. The molecular weight excluding hydrogens is 475 g/mol. The monoisotopic (exact) mass is 498 g/mol. The highest BCUT2D eigenvalue weighted by Gasteiger charge is 2.13. The number of hydrazone groups is 1. The van der Waals surface area contributed by atoms with Crippen molar-refractivity contribution in [2.75, 3.05) is 6.61 Å². The number of esters is 1. The minimum absolute atomic E-state index is 0.167. The van der Waals surface area contributed by atoms with Gasteiger partial charge in [0.2, 0.25) is 0 Å². The summed E-state index contributed by atoms with van der Waals surface area (Å²) < 4.78 is 11.0. The molecule has 0 aliphatic heterocycles. The summed E-state index contributed by atoms with van der Waals surface area (Å²) in [5.41, 5.74) is 5.33. The predicted octanol–water partition coefficient (Wildman–Crippen LogP) is 6.17. The number of nitrogens with zero attached hydrogens (tertiary/aromatic N) is 1. The van der Waals surface area contributed by atoms with Crippen molar-refractivity contribution in [3.63, 3.8) is 0 Å². The van der Waals surface area contributed by atoms with Crippen LogP contribution in [0.3, 0.4) is 0 Å². The van der Waals surface area contributed by atoms with E-state index in [-0.39, 0.29) is 17.2 Å². The molecule has 0 spiro atoms. The maximum atomic E-state index is 12.4. The van der Waals surface area contributed by atoms with Gasteiger partial charge < -0.3 is 9.47 Å². The van der Waals surface area contributed by atoms with Crippen LogP contribution in [-0.2, 0) is 4.79 Å². The highest BCUT2D eigenvalue weighted by Crippen LogP contribution is 2.25. The molecule has 3 aromatic carbocycles. The van der Waals surface area contributed by atoms with E-state index in [1.165, 1.54) is 18.3 Å². The molecule has 0 radical (unpaired) electrons. The second-order valence-electron chi connectivity index (χ2n) is 7.85. The fourth-order valence-electron chi connectivity index (χ4n) is 2.96. The van der Waals surface area contributed by atoms with Gasteiger partial charge in [-0.2, -0.15) is 5.10 Å². The average molecular weight is 499 g/mol. The number of rotatable bonds is 8. The van der Waals surface area contributed by atoms with Crippen LogP contribution < -0.4 is 14.9 Å². The summed E-state index contributed by atoms with van der Waals surface area (Å²) >= 11 is 11.9. The van der Waals surface area contributed by atoms with E-state index in [4.69, 9.17) is 32.7 Å². The molecular formula is C26H24Cl2N2O4. The summed E-state index contributed by atoms with van der Waals surface area (Å²) in [5.74, 6) is 0.318. The van der Waals surface area contributed by atoms with Gasteiger partial charge in [-0.25, -0.2) is 10.2 Å². The molecule has 34 heavy (non-hydrogen) atoms. The third kappa shape index (κ3) is 7.07. The Labute approximate surface area is 208 Å². The first-order valence-electron chi connectivity index (χ1n) is 10.6. The Bertz CT molecular complexity index is 1230. The molecule has 1 amide bonds. The van der Waals surface area contributed by atoms with Crippen LogP contribution in [0, 0.1) is 6.92 Å². The number of hydrogen-bond acceptors (Lipinski definition) is 5. The van der Waals surface area contributed by atoms with Gasteiger partial charge in [0, 0.05) is 5.02 Å². The Hall–Kier alpha value is -3.35. The zero-order valence-corrected chi connectivity index (χ0v) is 20.5. The lowest BCUT2D eigenvalue weighted by Gasteiger charge is -2.12. The van der Waals surface area contributed by atoms with Crippen LogP contribution in [0.25, 0.3) is 0 Å². The first-order valence-corrected chi connectivity index (χ1v) is 11.3. The van der Waals surface area contributed by atoms with Gasteiger partial charge in [0.05, 0.1) is 16.8 Å². The number of hydrogen-bond donors (Lipinski definition) is 1. The van der Waals surface area contributed by atoms with E-state index < -0.39 is 11.9 Å². The molecule has 176 valence electrons. The first-order chi connectivity index (χ1) is 16.2. The topological polar surface area (TPSA) is 77.0 Å². The van der Waals surface area contributed by atoms with Gasteiger partial charge in [0.15, 0.2) is 6.61 Å². The number of carbonyl (C=O) groups is 2. The third-order valence-corrected chi connectivity index (χ3v) is 5.41. The normalized spacial score (nSPS) is 11.0. The molecule has 6 nitrogen and oxygen atoms in total. The Morgan fingerprint density at radius 3 is 2.59 bits per heavy atom. The number of halogens is 2. The lowest BCUT2D eigenvalue weighted by atomic mass is 10.0. The maximum absolute atomic E-state index is 12.4. The van der Waals surface area contributed by atoms with Gasteiger partial charge in [-0.15, -0.1) is 0 Å². The van der Waals surface area contributed by atoms with Crippen LogP contribution in [0.1, 0.15) is 46.8 Å². The summed E-state index contributed by atoms with van der Waals surface area (Å²) in [6, 6.07) is 17.2. The zero-order chi connectivity index (χ0) is 24.7. The van der Waals surface area contributed by atoms with Crippen molar-refractivity contribution in [3.8, 4) is 11.5 Å². The SMILES string of the molecule is Cc1ccc(C(C)C)cc1OCC(=O)N/N=C\c1cccc(OC(=O)c2ccc(Cl)cc2Cl)c1. The number of aryl methyl sites for hydroxylation is 1. The van der Waals surface area contributed by atoms with Gasteiger partial charge >= 0.3 is 5.97 Å². The fraction of sp³-hybridized carbons (Fsp3) is 0.192. The molecule has 0 aliphatic carbocycles. The van der Waals surface area contributed by atoms with Crippen LogP contribution in [-0.4, -0.2) is 24.7 Å². The summed E-state index contributed by atoms with van der Waals surface area (Å²) in [6.07, 6.45) is 1.44. The largest absolute Gasteiger partial charge is 0.483 e. The quantitative estimate of drug-likeness (QED) is 0.174. The van der Waals surface area contributed by atoms with Crippen molar-refractivity contribution >= 4 is 41.3 Å². The molecule has 1 N–H and O–H groups in total. The van der Waals surface area contributed by atoms with Crippen LogP contribution in [0.5, 0.6) is 11.5 Å². The van der Waals surface area contributed by atoms with Crippen LogP contribution in [0.4, 0.5) is 0 Å². The Morgan fingerprint density at radius 2 is 1.85 bits per heavy atom. The molecule has 3 rings (SSSR count). The highest BCUT2D eigenvalue weighted by atomic mass is 35.5. The minimum Gasteiger partial charge on any atom is -0.483 e. The van der Waals surface area contributed by atoms with Crippen molar-refractivity contribution in [1.29, 1.82) is 0 Å². The molecule has 0 atom stereocenters. The summed E-state index contributed by atoms with van der Waals surface area (Å²) in [7, 11) is 0. The van der Waals surface area contributed by atoms with Crippen LogP contribution in [0.2, 0.25) is 10.0 Å². The van der Waals surface area contributed by atoms with Crippen molar-refractivity contribution in [2.24, 2.45) is 5.10 Å². The molecule has 3 aromatic rings. The molecule has 0 aliphatic rings. The van der Waals surface area contributed by atoms with Gasteiger partial charge in [-0.05, 0) is 65.9 Å². The fourth-order valence-corrected chi connectivity index (χ4v) is 3.45. The smallest absolute Gasteiger partial charge is 0.345 e. The van der Waals surface area contributed by atoms with E-state index in [1.54, 1.807) is 30.3 Å². The lowest BCUT2D eigenvalue weighted by Crippen LogP contribution is -2.24. The van der Waals surface area contributed by atoms with E-state index in [0.717, 1.165) is 11.1 Å². The molecule has 0 unspecified atom stereocenters. The standard InChI is InChI=1S/C26H24Cl2N2O4/c1-16(2)19-8-7-17(3)24(12-19)33-15-25(31)30-29-14-18-5-4-6-21(11-18)34-26(32)22-10-9-20(27)13-23(22)28/h4-14,16H,15H2,1-3H3,(H,30,31)/b29-14-. The zero-order valence-electron chi connectivity index (χ0n) is 19.0. The number of ether oxygens (including phenoxy) is 2. The molecule has 0 saturated carbocycles. The Balaban J connectivity index is 1.55. The Kier molecular flexibility index (Phi) is 8.68. The minimum atomic E-state index is -0.613. The van der Waals surface area contributed by atoms with Gasteiger partial charge in [-0.1, -0.05) is 61.3 Å². The molecule has 8 heteroatoms. The second-order valence-corrected chi connectivity index (χ2v) is 8.69.